The van der Waals surface area contributed by atoms with Gasteiger partial charge in [-0.3, -0.25) is 0 Å². The number of rotatable bonds is 6. The van der Waals surface area contributed by atoms with Crippen molar-refractivity contribution in [2.24, 2.45) is 0 Å². The standard InChI is InChI=1S/C12H18O2P/c1-3-7-13-10-5-6-12(15)11(9-10)14-8-4-2/h5-6,9,15H,3-4,7-8H2,1-2H3/q-1. The molecule has 0 fully saturated rings. The zero-order valence-electron chi connectivity index (χ0n) is 9.38. The molecule has 0 saturated heterocycles. The van der Waals surface area contributed by atoms with E-state index in [1.54, 1.807) is 0 Å². The molecule has 84 valence electrons. The van der Waals surface area contributed by atoms with Gasteiger partial charge >= 0.3 is 0 Å². The summed E-state index contributed by atoms with van der Waals surface area (Å²) >= 11 is 0. The summed E-state index contributed by atoms with van der Waals surface area (Å²) in [6.07, 6.45) is 2.02. The molecule has 15 heavy (non-hydrogen) atoms. The van der Waals surface area contributed by atoms with Gasteiger partial charge < -0.3 is 18.7 Å². The van der Waals surface area contributed by atoms with Gasteiger partial charge in [-0.15, -0.1) is 0 Å². The Kier molecular flexibility index (Phi) is 5.49. The van der Waals surface area contributed by atoms with Gasteiger partial charge in [0.25, 0.3) is 0 Å². The Morgan fingerprint density at radius 1 is 1.07 bits per heavy atom. The second kappa shape index (κ2) is 6.68. The zero-order chi connectivity index (χ0) is 11.1. The fraction of sp³-hybridized carbons (Fsp3) is 0.500. The van der Waals surface area contributed by atoms with E-state index in [1.165, 1.54) is 0 Å². The Morgan fingerprint density at radius 3 is 2.40 bits per heavy atom. The number of hydrogen-bond donors (Lipinski definition) is 0. The van der Waals surface area contributed by atoms with Crippen LogP contribution in [0, 0.1) is 0 Å². The van der Waals surface area contributed by atoms with E-state index >= 15 is 0 Å². The molecule has 0 aliphatic rings. The molecule has 1 rings (SSSR count). The third-order valence-electron chi connectivity index (χ3n) is 1.89. The summed E-state index contributed by atoms with van der Waals surface area (Å²) in [5.41, 5.74) is 0. The van der Waals surface area contributed by atoms with Gasteiger partial charge in [0.1, 0.15) is 5.75 Å². The van der Waals surface area contributed by atoms with Gasteiger partial charge in [0.2, 0.25) is 0 Å². The number of hydrogen-bond acceptors (Lipinski definition) is 2. The molecule has 0 aliphatic heterocycles. The van der Waals surface area contributed by atoms with Crippen molar-refractivity contribution in [2.75, 3.05) is 13.2 Å². The summed E-state index contributed by atoms with van der Waals surface area (Å²) in [6.45, 7) is 5.65. The van der Waals surface area contributed by atoms with Gasteiger partial charge in [-0.05, 0) is 18.9 Å². The molecule has 0 unspecified atom stereocenters. The largest absolute Gasteiger partial charge is 0.521 e. The Balaban J connectivity index is 2.66. The molecule has 0 radical (unpaired) electrons. The van der Waals surface area contributed by atoms with E-state index in [0.717, 1.165) is 42.9 Å². The predicted molar refractivity (Wildman–Crippen MR) is 66.0 cm³/mol. The average Bonchev–Trinajstić information content (AvgIpc) is 2.26. The van der Waals surface area contributed by atoms with Gasteiger partial charge in [0, 0.05) is 6.07 Å². The normalized spacial score (nSPS) is 10.1. The zero-order valence-corrected chi connectivity index (χ0v) is 10.4. The molecule has 2 nitrogen and oxygen atoms in total. The van der Waals surface area contributed by atoms with Crippen LogP contribution in [0.2, 0.25) is 0 Å². The second-order valence-corrected chi connectivity index (χ2v) is 3.89. The molecule has 0 aromatic heterocycles. The van der Waals surface area contributed by atoms with Crippen molar-refractivity contribution >= 4 is 14.5 Å². The first-order chi connectivity index (χ1) is 7.27. The number of benzene rings is 1. The van der Waals surface area contributed by atoms with Crippen LogP contribution in [-0.2, 0) is 0 Å². The van der Waals surface area contributed by atoms with Crippen molar-refractivity contribution in [3.63, 3.8) is 0 Å². The van der Waals surface area contributed by atoms with Crippen molar-refractivity contribution in [3.05, 3.63) is 18.2 Å². The summed E-state index contributed by atoms with van der Waals surface area (Å²) in [5, 5.41) is 0.965. The van der Waals surface area contributed by atoms with Crippen LogP contribution in [0.3, 0.4) is 0 Å². The second-order valence-electron chi connectivity index (χ2n) is 3.35. The lowest BCUT2D eigenvalue weighted by molar-refractivity contribution is 0.303. The van der Waals surface area contributed by atoms with E-state index in [0.29, 0.717) is 0 Å². The topological polar surface area (TPSA) is 18.5 Å². The van der Waals surface area contributed by atoms with Crippen molar-refractivity contribution in [2.45, 2.75) is 26.7 Å². The summed E-state index contributed by atoms with van der Waals surface area (Å²) in [5.74, 6) is 1.71. The summed E-state index contributed by atoms with van der Waals surface area (Å²) in [7, 11) is 3.50. The molecule has 0 aliphatic carbocycles. The minimum absolute atomic E-state index is 0.731. The maximum Gasteiger partial charge on any atom is 0.122 e. The Bertz CT molecular complexity index is 300. The van der Waals surface area contributed by atoms with Crippen LogP contribution < -0.4 is 14.8 Å². The summed E-state index contributed by atoms with van der Waals surface area (Å²) in [6, 6.07) is 5.82. The van der Waals surface area contributed by atoms with Crippen LogP contribution in [0.1, 0.15) is 26.7 Å². The van der Waals surface area contributed by atoms with Gasteiger partial charge in [-0.2, -0.15) is 5.30 Å². The van der Waals surface area contributed by atoms with Crippen molar-refractivity contribution in [3.8, 4) is 11.5 Å². The maximum atomic E-state index is 5.58. The molecule has 1 aromatic rings. The minimum Gasteiger partial charge on any atom is -0.521 e. The molecular formula is C12H18O2P-. The highest BCUT2D eigenvalue weighted by molar-refractivity contribution is 7.27. The third kappa shape index (κ3) is 4.09. The van der Waals surface area contributed by atoms with E-state index < -0.39 is 0 Å². The van der Waals surface area contributed by atoms with Gasteiger partial charge in [-0.1, -0.05) is 19.9 Å². The predicted octanol–water partition coefficient (Wildman–Crippen LogP) is 3.03. The molecule has 3 heteroatoms. The Morgan fingerprint density at radius 2 is 1.73 bits per heavy atom. The van der Waals surface area contributed by atoms with Gasteiger partial charge in [0.05, 0.1) is 19.0 Å². The summed E-state index contributed by atoms with van der Waals surface area (Å²) in [4.78, 5) is 0. The van der Waals surface area contributed by atoms with E-state index in [2.05, 4.69) is 23.1 Å². The SMILES string of the molecule is CCCOc1ccc([PH-])c(OCCC)c1. The highest BCUT2D eigenvalue weighted by atomic mass is 31.0. The van der Waals surface area contributed by atoms with Crippen molar-refractivity contribution in [1.29, 1.82) is 0 Å². The average molecular weight is 225 g/mol. The van der Waals surface area contributed by atoms with Crippen LogP contribution in [0.5, 0.6) is 11.5 Å². The molecule has 0 spiro atoms. The van der Waals surface area contributed by atoms with Crippen LogP contribution in [0.25, 0.3) is 0 Å². The van der Waals surface area contributed by atoms with Crippen molar-refractivity contribution < 1.29 is 9.47 Å². The Labute approximate surface area is 94.2 Å². The van der Waals surface area contributed by atoms with Crippen LogP contribution in [0.15, 0.2) is 18.2 Å². The molecule has 0 bridgehead atoms. The van der Waals surface area contributed by atoms with E-state index in [-0.39, 0.29) is 0 Å². The molecule has 0 heterocycles. The van der Waals surface area contributed by atoms with E-state index in [4.69, 9.17) is 9.47 Å². The molecule has 0 atom stereocenters. The lowest BCUT2D eigenvalue weighted by atomic mass is 10.3. The molecule has 0 amide bonds. The molecular weight excluding hydrogens is 207 g/mol. The lowest BCUT2D eigenvalue weighted by Crippen LogP contribution is -2.04. The van der Waals surface area contributed by atoms with Gasteiger partial charge in [0.15, 0.2) is 0 Å². The van der Waals surface area contributed by atoms with E-state index in [1.807, 2.05) is 18.2 Å². The minimum atomic E-state index is 0.731. The van der Waals surface area contributed by atoms with Crippen LogP contribution in [0.4, 0.5) is 0 Å². The van der Waals surface area contributed by atoms with E-state index in [9.17, 15) is 0 Å². The maximum absolute atomic E-state index is 5.58. The number of ether oxygens (including phenoxy) is 2. The third-order valence-corrected chi connectivity index (χ3v) is 2.30. The van der Waals surface area contributed by atoms with Crippen LogP contribution in [-0.4, -0.2) is 13.2 Å². The van der Waals surface area contributed by atoms with Gasteiger partial charge in [-0.25, -0.2) is 0 Å². The fourth-order valence-corrected chi connectivity index (χ4v) is 1.37. The monoisotopic (exact) mass is 225 g/mol. The first-order valence-corrected chi connectivity index (χ1v) is 5.89. The Hall–Kier alpha value is -0.750. The summed E-state index contributed by atoms with van der Waals surface area (Å²) < 4.78 is 11.1. The van der Waals surface area contributed by atoms with Crippen molar-refractivity contribution in [1.82, 2.24) is 0 Å². The van der Waals surface area contributed by atoms with Crippen LogP contribution >= 0.6 is 9.24 Å². The smallest absolute Gasteiger partial charge is 0.122 e. The first kappa shape index (κ1) is 12.3. The highest BCUT2D eigenvalue weighted by Crippen LogP contribution is 2.20. The molecule has 0 N–H and O–H groups in total. The molecule has 1 aromatic carbocycles. The fourth-order valence-electron chi connectivity index (χ4n) is 1.14. The highest BCUT2D eigenvalue weighted by Gasteiger charge is 1.97. The quantitative estimate of drug-likeness (QED) is 0.693. The lowest BCUT2D eigenvalue weighted by Gasteiger charge is -2.15. The molecule has 0 saturated carbocycles. The first-order valence-electron chi connectivity index (χ1n) is 5.39.